The summed E-state index contributed by atoms with van der Waals surface area (Å²) in [5, 5.41) is 3.49. The Morgan fingerprint density at radius 2 is 1.82 bits per heavy atom. The minimum Gasteiger partial charge on any atom is -0.310 e. The van der Waals surface area contributed by atoms with Crippen molar-refractivity contribution in [2.45, 2.75) is 39.7 Å². The third-order valence-corrected chi connectivity index (χ3v) is 2.92. The molecule has 1 unspecified atom stereocenters. The number of hydrogen-bond donors (Lipinski definition) is 1. The molecule has 0 amide bonds. The maximum Gasteiger partial charge on any atom is 0.0291 e. The molecule has 0 heterocycles. The van der Waals surface area contributed by atoms with Crippen molar-refractivity contribution in [3.63, 3.8) is 0 Å². The smallest absolute Gasteiger partial charge is 0.0291 e. The van der Waals surface area contributed by atoms with Crippen LogP contribution in [0.3, 0.4) is 0 Å². The summed E-state index contributed by atoms with van der Waals surface area (Å²) in [6.45, 7) is 11.5. The first kappa shape index (κ1) is 14.0. The van der Waals surface area contributed by atoms with Crippen LogP contribution in [0, 0.1) is 5.92 Å². The van der Waals surface area contributed by atoms with Gasteiger partial charge in [0.05, 0.1) is 0 Å². The van der Waals surface area contributed by atoms with Crippen LogP contribution in [0.1, 0.15) is 44.4 Å². The van der Waals surface area contributed by atoms with E-state index in [1.807, 2.05) is 6.08 Å². The minimum atomic E-state index is 0.419. The highest BCUT2D eigenvalue weighted by atomic mass is 14.9. The minimum absolute atomic E-state index is 0.419. The largest absolute Gasteiger partial charge is 0.310 e. The summed E-state index contributed by atoms with van der Waals surface area (Å²) >= 11 is 0. The second-order valence-corrected chi connectivity index (χ2v) is 5.09. The van der Waals surface area contributed by atoms with Crippen molar-refractivity contribution in [1.82, 2.24) is 5.32 Å². The van der Waals surface area contributed by atoms with Crippen molar-refractivity contribution < 1.29 is 0 Å². The van der Waals surface area contributed by atoms with Crippen LogP contribution in [-0.4, -0.2) is 6.54 Å². The van der Waals surface area contributed by atoms with Crippen LogP contribution >= 0.6 is 0 Å². The van der Waals surface area contributed by atoms with Gasteiger partial charge in [0.2, 0.25) is 0 Å². The number of nitrogens with one attached hydrogen (secondary N) is 1. The Bertz CT molecular complexity index is 324. The highest BCUT2D eigenvalue weighted by Gasteiger charge is 2.04. The standard InChI is InChI=1S/C16H25N/c1-5-6-11-17-14(4)16-9-7-15(8-10-16)12-13(2)3/h5,7-10,13-14,17H,1,6,11-12H2,2-4H3. The molecule has 1 heteroatoms. The lowest BCUT2D eigenvalue weighted by Crippen LogP contribution is -2.19. The average molecular weight is 231 g/mol. The van der Waals surface area contributed by atoms with Crippen LogP contribution in [0.25, 0.3) is 0 Å². The van der Waals surface area contributed by atoms with Gasteiger partial charge in [-0.15, -0.1) is 6.58 Å². The SMILES string of the molecule is C=CCCNC(C)c1ccc(CC(C)C)cc1. The zero-order chi connectivity index (χ0) is 12.7. The monoisotopic (exact) mass is 231 g/mol. The molecule has 1 aromatic carbocycles. The van der Waals surface area contributed by atoms with Crippen molar-refractivity contribution in [3.8, 4) is 0 Å². The van der Waals surface area contributed by atoms with Crippen LogP contribution in [0.4, 0.5) is 0 Å². The van der Waals surface area contributed by atoms with Gasteiger partial charge in [0, 0.05) is 6.04 Å². The summed E-state index contributed by atoms with van der Waals surface area (Å²) in [4.78, 5) is 0. The molecule has 0 radical (unpaired) electrons. The molecule has 0 aliphatic heterocycles. The first-order valence-electron chi connectivity index (χ1n) is 6.56. The quantitative estimate of drug-likeness (QED) is 0.550. The van der Waals surface area contributed by atoms with E-state index < -0.39 is 0 Å². The van der Waals surface area contributed by atoms with E-state index in [1.165, 1.54) is 17.5 Å². The third-order valence-electron chi connectivity index (χ3n) is 2.92. The molecule has 1 aromatic rings. The molecule has 0 saturated carbocycles. The first-order chi connectivity index (χ1) is 8.13. The van der Waals surface area contributed by atoms with Gasteiger partial charge in [-0.2, -0.15) is 0 Å². The Balaban J connectivity index is 2.51. The molecule has 1 nitrogen and oxygen atoms in total. The highest BCUT2D eigenvalue weighted by Crippen LogP contribution is 2.15. The molecule has 94 valence electrons. The molecule has 0 saturated heterocycles. The van der Waals surface area contributed by atoms with Gasteiger partial charge in [0.25, 0.3) is 0 Å². The summed E-state index contributed by atoms with van der Waals surface area (Å²) in [6, 6.07) is 9.40. The van der Waals surface area contributed by atoms with E-state index in [1.54, 1.807) is 0 Å². The van der Waals surface area contributed by atoms with E-state index in [0.29, 0.717) is 6.04 Å². The highest BCUT2D eigenvalue weighted by molar-refractivity contribution is 5.25. The first-order valence-corrected chi connectivity index (χ1v) is 6.56. The van der Waals surface area contributed by atoms with Crippen molar-refractivity contribution in [2.75, 3.05) is 6.54 Å². The maximum atomic E-state index is 3.73. The molecule has 0 spiro atoms. The fourth-order valence-corrected chi connectivity index (χ4v) is 1.93. The molecular weight excluding hydrogens is 206 g/mol. The normalized spacial score (nSPS) is 12.7. The second-order valence-electron chi connectivity index (χ2n) is 5.09. The van der Waals surface area contributed by atoms with E-state index in [2.05, 4.69) is 56.9 Å². The summed E-state index contributed by atoms with van der Waals surface area (Å²) in [5.74, 6) is 0.726. The van der Waals surface area contributed by atoms with Crippen molar-refractivity contribution >= 4 is 0 Å². The Labute approximate surface area is 106 Å². The fourth-order valence-electron chi connectivity index (χ4n) is 1.93. The topological polar surface area (TPSA) is 12.0 Å². The third kappa shape index (κ3) is 5.18. The molecule has 1 N–H and O–H groups in total. The Morgan fingerprint density at radius 1 is 1.18 bits per heavy atom. The van der Waals surface area contributed by atoms with Gasteiger partial charge in [0.15, 0.2) is 0 Å². The van der Waals surface area contributed by atoms with Crippen LogP contribution in [0.15, 0.2) is 36.9 Å². The molecule has 0 aliphatic carbocycles. The zero-order valence-corrected chi connectivity index (χ0v) is 11.4. The molecule has 1 atom stereocenters. The molecule has 17 heavy (non-hydrogen) atoms. The van der Waals surface area contributed by atoms with Crippen LogP contribution < -0.4 is 5.32 Å². The van der Waals surface area contributed by atoms with Crippen molar-refractivity contribution in [3.05, 3.63) is 48.0 Å². The van der Waals surface area contributed by atoms with Crippen LogP contribution in [-0.2, 0) is 6.42 Å². The zero-order valence-electron chi connectivity index (χ0n) is 11.4. The Hall–Kier alpha value is -1.08. The maximum absolute atomic E-state index is 3.73. The van der Waals surface area contributed by atoms with E-state index in [-0.39, 0.29) is 0 Å². The molecule has 0 aromatic heterocycles. The van der Waals surface area contributed by atoms with Crippen molar-refractivity contribution in [2.24, 2.45) is 5.92 Å². The average Bonchev–Trinajstić information content (AvgIpc) is 2.29. The molecule has 0 fully saturated rings. The predicted molar refractivity (Wildman–Crippen MR) is 76.2 cm³/mol. The summed E-state index contributed by atoms with van der Waals surface area (Å²) in [7, 11) is 0. The summed E-state index contributed by atoms with van der Waals surface area (Å²) < 4.78 is 0. The summed E-state index contributed by atoms with van der Waals surface area (Å²) in [6.07, 6.45) is 4.14. The lowest BCUT2D eigenvalue weighted by Gasteiger charge is -2.14. The molecule has 0 bridgehead atoms. The molecule has 1 rings (SSSR count). The molecule has 0 aliphatic rings. The van der Waals surface area contributed by atoms with E-state index in [9.17, 15) is 0 Å². The van der Waals surface area contributed by atoms with E-state index >= 15 is 0 Å². The number of hydrogen-bond acceptors (Lipinski definition) is 1. The van der Waals surface area contributed by atoms with Gasteiger partial charge in [-0.3, -0.25) is 0 Å². The Morgan fingerprint density at radius 3 is 2.35 bits per heavy atom. The fraction of sp³-hybridized carbons (Fsp3) is 0.500. The van der Waals surface area contributed by atoms with Crippen molar-refractivity contribution in [1.29, 1.82) is 0 Å². The van der Waals surface area contributed by atoms with Gasteiger partial charge in [-0.25, -0.2) is 0 Å². The Kier molecular flexibility index (Phi) is 5.99. The van der Waals surface area contributed by atoms with Gasteiger partial charge < -0.3 is 5.32 Å². The lowest BCUT2D eigenvalue weighted by atomic mass is 10.00. The van der Waals surface area contributed by atoms with Gasteiger partial charge >= 0.3 is 0 Å². The second kappa shape index (κ2) is 7.29. The van der Waals surface area contributed by atoms with E-state index in [0.717, 1.165) is 18.9 Å². The molecular formula is C16H25N. The number of rotatable bonds is 7. The number of benzene rings is 1. The van der Waals surface area contributed by atoms with Gasteiger partial charge in [-0.1, -0.05) is 44.2 Å². The predicted octanol–water partition coefficient (Wildman–Crippen LogP) is 4.11. The van der Waals surface area contributed by atoms with E-state index in [4.69, 9.17) is 0 Å². The van der Waals surface area contributed by atoms with Crippen LogP contribution in [0.2, 0.25) is 0 Å². The van der Waals surface area contributed by atoms with Crippen LogP contribution in [0.5, 0.6) is 0 Å². The van der Waals surface area contributed by atoms with Gasteiger partial charge in [0.1, 0.15) is 0 Å². The van der Waals surface area contributed by atoms with Gasteiger partial charge in [-0.05, 0) is 43.4 Å². The summed E-state index contributed by atoms with van der Waals surface area (Å²) in [5.41, 5.74) is 2.80. The lowest BCUT2D eigenvalue weighted by molar-refractivity contribution is 0.580.